The molecule has 20 heavy (non-hydrogen) atoms. The van der Waals surface area contributed by atoms with Gasteiger partial charge in [-0.1, -0.05) is 43.2 Å². The monoisotopic (exact) mass is 266 g/mol. The first-order chi connectivity index (χ1) is 9.72. The third-order valence-electron chi connectivity index (χ3n) is 5.78. The number of benzene rings is 1. The average Bonchev–Trinajstić information content (AvgIpc) is 3.01. The summed E-state index contributed by atoms with van der Waals surface area (Å²) in [5, 5.41) is 0. The molecule has 0 aliphatic heterocycles. The summed E-state index contributed by atoms with van der Waals surface area (Å²) in [6.45, 7) is 2.22. The molecular formula is C19H22O. The van der Waals surface area contributed by atoms with Gasteiger partial charge in [0.15, 0.2) is 5.78 Å². The highest BCUT2D eigenvalue weighted by Crippen LogP contribution is 2.58. The molecule has 1 aromatic carbocycles. The molecule has 3 aliphatic rings. The molecule has 4 rings (SSSR count). The Morgan fingerprint density at radius 2 is 2.15 bits per heavy atom. The molecule has 1 aromatic rings. The fourth-order valence-electron chi connectivity index (χ4n) is 4.85. The number of fused-ring (bicyclic) bond motifs is 4. The van der Waals surface area contributed by atoms with E-state index in [0.29, 0.717) is 5.78 Å². The number of rotatable bonds is 2. The minimum atomic E-state index is 0.276. The highest BCUT2D eigenvalue weighted by molar-refractivity contribution is 5.99. The van der Waals surface area contributed by atoms with Gasteiger partial charge < -0.3 is 0 Å². The zero-order chi connectivity index (χ0) is 13.7. The third-order valence-corrected chi connectivity index (χ3v) is 5.78. The van der Waals surface area contributed by atoms with Gasteiger partial charge in [-0.2, -0.15) is 0 Å². The van der Waals surface area contributed by atoms with Gasteiger partial charge in [0.25, 0.3) is 0 Å². The van der Waals surface area contributed by atoms with Crippen LogP contribution in [-0.4, -0.2) is 5.78 Å². The average molecular weight is 266 g/mol. The summed E-state index contributed by atoms with van der Waals surface area (Å²) in [4.78, 5) is 12.7. The second-order valence-corrected chi connectivity index (χ2v) is 7.01. The van der Waals surface area contributed by atoms with Gasteiger partial charge in [0.2, 0.25) is 0 Å². The first-order valence-corrected chi connectivity index (χ1v) is 8.04. The van der Waals surface area contributed by atoms with Crippen molar-refractivity contribution in [1.82, 2.24) is 0 Å². The van der Waals surface area contributed by atoms with Crippen LogP contribution in [0.25, 0.3) is 0 Å². The first kappa shape index (κ1) is 12.4. The Balaban J connectivity index is 1.78. The number of aryl methyl sites for hydroxylation is 1. The summed E-state index contributed by atoms with van der Waals surface area (Å²) in [5.41, 5.74) is 5.74. The Labute approximate surface area is 121 Å². The van der Waals surface area contributed by atoms with Gasteiger partial charge in [0.1, 0.15) is 0 Å². The fourth-order valence-corrected chi connectivity index (χ4v) is 4.85. The summed E-state index contributed by atoms with van der Waals surface area (Å²) >= 11 is 0. The summed E-state index contributed by atoms with van der Waals surface area (Å²) < 4.78 is 0. The molecule has 0 heterocycles. The van der Waals surface area contributed by atoms with E-state index >= 15 is 0 Å². The SMILES string of the molecule is CCCc1cccc2c1CC1(CC2=O)CC2=CCC1C2. The molecule has 104 valence electrons. The largest absolute Gasteiger partial charge is 0.294 e. The molecule has 1 heteroatoms. The van der Waals surface area contributed by atoms with Crippen LogP contribution in [0.3, 0.4) is 0 Å². The maximum absolute atomic E-state index is 12.7. The third kappa shape index (κ3) is 1.65. The number of hydrogen-bond donors (Lipinski definition) is 0. The van der Waals surface area contributed by atoms with Crippen LogP contribution in [0.1, 0.15) is 60.5 Å². The second kappa shape index (κ2) is 4.31. The van der Waals surface area contributed by atoms with Gasteiger partial charge >= 0.3 is 0 Å². The lowest BCUT2D eigenvalue weighted by molar-refractivity contribution is 0.0823. The molecule has 3 aliphatic carbocycles. The van der Waals surface area contributed by atoms with Crippen LogP contribution in [0.15, 0.2) is 29.8 Å². The van der Waals surface area contributed by atoms with E-state index in [1.165, 1.54) is 30.4 Å². The van der Waals surface area contributed by atoms with Crippen LogP contribution in [-0.2, 0) is 12.8 Å². The molecule has 1 nitrogen and oxygen atoms in total. The number of hydrogen-bond acceptors (Lipinski definition) is 1. The smallest absolute Gasteiger partial charge is 0.163 e. The molecule has 1 saturated carbocycles. The van der Waals surface area contributed by atoms with Crippen LogP contribution in [0.5, 0.6) is 0 Å². The minimum Gasteiger partial charge on any atom is -0.294 e. The van der Waals surface area contributed by atoms with Crippen LogP contribution in [0.4, 0.5) is 0 Å². The van der Waals surface area contributed by atoms with Crippen molar-refractivity contribution < 1.29 is 4.79 Å². The summed E-state index contributed by atoms with van der Waals surface area (Å²) in [7, 11) is 0. The van der Waals surface area contributed by atoms with E-state index in [4.69, 9.17) is 0 Å². The molecule has 1 spiro atoms. The van der Waals surface area contributed by atoms with Crippen molar-refractivity contribution in [2.75, 3.05) is 0 Å². The highest BCUT2D eigenvalue weighted by Gasteiger charge is 2.50. The maximum atomic E-state index is 12.7. The molecule has 0 amide bonds. The van der Waals surface area contributed by atoms with Gasteiger partial charge in [-0.3, -0.25) is 4.79 Å². The Hall–Kier alpha value is -1.37. The molecule has 2 atom stereocenters. The Kier molecular flexibility index (Phi) is 2.67. The molecule has 2 bridgehead atoms. The fraction of sp³-hybridized carbons (Fsp3) is 0.526. The van der Waals surface area contributed by atoms with E-state index in [9.17, 15) is 4.79 Å². The van der Waals surface area contributed by atoms with Crippen LogP contribution in [0, 0.1) is 11.3 Å². The van der Waals surface area contributed by atoms with Crippen molar-refractivity contribution in [2.24, 2.45) is 11.3 Å². The zero-order valence-corrected chi connectivity index (χ0v) is 12.2. The van der Waals surface area contributed by atoms with Crippen molar-refractivity contribution in [1.29, 1.82) is 0 Å². The minimum absolute atomic E-state index is 0.276. The number of ketones is 1. The second-order valence-electron chi connectivity index (χ2n) is 7.01. The van der Waals surface area contributed by atoms with E-state index in [1.807, 2.05) is 0 Å². The van der Waals surface area contributed by atoms with Gasteiger partial charge in [0.05, 0.1) is 0 Å². The molecule has 0 radical (unpaired) electrons. The predicted molar refractivity (Wildman–Crippen MR) is 80.9 cm³/mol. The summed E-state index contributed by atoms with van der Waals surface area (Å²) in [5.74, 6) is 1.14. The molecule has 2 unspecified atom stereocenters. The number of Topliss-reactive ketones (excluding diaryl/α,β-unsaturated/α-hetero) is 1. The van der Waals surface area contributed by atoms with Crippen LogP contribution in [0.2, 0.25) is 0 Å². The Morgan fingerprint density at radius 1 is 1.25 bits per heavy atom. The topological polar surface area (TPSA) is 17.1 Å². The van der Waals surface area contributed by atoms with Crippen molar-refractivity contribution in [3.05, 3.63) is 46.5 Å². The van der Waals surface area contributed by atoms with Gasteiger partial charge in [-0.05, 0) is 54.6 Å². The summed E-state index contributed by atoms with van der Waals surface area (Å²) in [6, 6.07) is 6.36. The number of allylic oxidation sites excluding steroid dienone is 2. The van der Waals surface area contributed by atoms with E-state index in [1.54, 1.807) is 5.57 Å². The van der Waals surface area contributed by atoms with Crippen LogP contribution >= 0.6 is 0 Å². The Morgan fingerprint density at radius 3 is 2.85 bits per heavy atom. The first-order valence-electron chi connectivity index (χ1n) is 8.04. The van der Waals surface area contributed by atoms with Crippen molar-refractivity contribution in [3.63, 3.8) is 0 Å². The number of carbonyl (C=O) groups excluding carboxylic acids is 1. The van der Waals surface area contributed by atoms with Gasteiger partial charge in [0, 0.05) is 12.0 Å². The lowest BCUT2D eigenvalue weighted by atomic mass is 9.63. The van der Waals surface area contributed by atoms with Crippen LogP contribution < -0.4 is 0 Å². The van der Waals surface area contributed by atoms with Gasteiger partial charge in [-0.25, -0.2) is 0 Å². The Bertz CT molecular complexity index is 610. The van der Waals surface area contributed by atoms with E-state index < -0.39 is 0 Å². The molecule has 0 N–H and O–H groups in total. The molecule has 0 saturated heterocycles. The van der Waals surface area contributed by atoms with E-state index in [0.717, 1.165) is 37.2 Å². The van der Waals surface area contributed by atoms with Crippen molar-refractivity contribution in [3.8, 4) is 0 Å². The normalized spacial score (nSPS) is 30.8. The van der Waals surface area contributed by atoms with Crippen molar-refractivity contribution >= 4 is 5.78 Å². The highest BCUT2D eigenvalue weighted by atomic mass is 16.1. The zero-order valence-electron chi connectivity index (χ0n) is 12.2. The lowest BCUT2D eigenvalue weighted by Crippen LogP contribution is -2.36. The van der Waals surface area contributed by atoms with E-state index in [2.05, 4.69) is 31.2 Å². The lowest BCUT2D eigenvalue weighted by Gasteiger charge is -2.40. The maximum Gasteiger partial charge on any atom is 0.163 e. The van der Waals surface area contributed by atoms with Crippen molar-refractivity contribution in [2.45, 2.75) is 51.9 Å². The molecule has 1 fully saturated rings. The van der Waals surface area contributed by atoms with Gasteiger partial charge in [-0.15, -0.1) is 0 Å². The predicted octanol–water partition coefficient (Wildman–Crippen LogP) is 4.49. The number of carbonyl (C=O) groups is 1. The summed E-state index contributed by atoms with van der Waals surface area (Å²) in [6.07, 6.45) is 10.3. The standard InChI is InChI=1S/C19H22O/c1-2-4-14-5-3-6-16-17(14)11-19(12-18(16)20)10-13-7-8-15(19)9-13/h3,5-7,15H,2,4,8-12H2,1H3. The molecule has 0 aromatic heterocycles. The van der Waals surface area contributed by atoms with E-state index in [-0.39, 0.29) is 5.41 Å². The molecular weight excluding hydrogens is 244 g/mol. The quantitative estimate of drug-likeness (QED) is 0.721.